The molecule has 4 heteroatoms. The Morgan fingerprint density at radius 2 is 2.33 bits per heavy atom. The highest BCUT2D eigenvalue weighted by Crippen LogP contribution is 2.02. The molecule has 78 valence electrons. The van der Waals surface area contributed by atoms with Crippen molar-refractivity contribution in [3.8, 4) is 0 Å². The summed E-state index contributed by atoms with van der Waals surface area (Å²) in [6.45, 7) is 0.872. The second kappa shape index (κ2) is 4.59. The van der Waals surface area contributed by atoms with Gasteiger partial charge in [-0.1, -0.05) is 6.07 Å². The third-order valence-corrected chi connectivity index (χ3v) is 2.24. The third kappa shape index (κ3) is 2.56. The molecule has 0 unspecified atom stereocenters. The topological polar surface area (TPSA) is 42.7 Å². The maximum Gasteiger partial charge on any atom is 0.202 e. The van der Waals surface area contributed by atoms with Crippen molar-refractivity contribution in [2.45, 2.75) is 6.42 Å². The van der Waals surface area contributed by atoms with Crippen molar-refractivity contribution >= 4 is 5.95 Å². The van der Waals surface area contributed by atoms with Crippen LogP contribution in [0.15, 0.2) is 36.9 Å². The lowest BCUT2D eigenvalue weighted by atomic mass is 10.2. The summed E-state index contributed by atoms with van der Waals surface area (Å²) < 4.78 is 1.96. The molecule has 0 aliphatic carbocycles. The smallest absolute Gasteiger partial charge is 0.202 e. The van der Waals surface area contributed by atoms with E-state index in [0.29, 0.717) is 0 Å². The normalized spacial score (nSPS) is 10.2. The number of aryl methyl sites for hydroxylation is 1. The molecule has 0 amide bonds. The van der Waals surface area contributed by atoms with Crippen LogP contribution in [-0.4, -0.2) is 21.1 Å². The zero-order valence-electron chi connectivity index (χ0n) is 8.72. The Kier molecular flexibility index (Phi) is 2.97. The van der Waals surface area contributed by atoms with Gasteiger partial charge in [-0.15, -0.1) is 0 Å². The molecule has 0 fully saturated rings. The van der Waals surface area contributed by atoms with Gasteiger partial charge in [0.1, 0.15) is 0 Å². The highest BCUT2D eigenvalue weighted by atomic mass is 15.2. The van der Waals surface area contributed by atoms with E-state index in [-0.39, 0.29) is 0 Å². The summed E-state index contributed by atoms with van der Waals surface area (Å²) in [7, 11) is 1.97. The number of hydrogen-bond acceptors (Lipinski definition) is 3. The molecule has 0 radical (unpaired) electrons. The maximum absolute atomic E-state index is 4.18. The van der Waals surface area contributed by atoms with E-state index in [4.69, 9.17) is 0 Å². The van der Waals surface area contributed by atoms with Crippen LogP contribution in [-0.2, 0) is 13.5 Å². The summed E-state index contributed by atoms with van der Waals surface area (Å²) in [6, 6.07) is 4.03. The summed E-state index contributed by atoms with van der Waals surface area (Å²) in [5.41, 5.74) is 1.24. The fourth-order valence-corrected chi connectivity index (χ4v) is 1.40. The number of nitrogens with zero attached hydrogens (tertiary/aromatic N) is 3. The van der Waals surface area contributed by atoms with Gasteiger partial charge in [0.05, 0.1) is 0 Å². The van der Waals surface area contributed by atoms with Crippen LogP contribution in [0.4, 0.5) is 5.95 Å². The average molecular weight is 202 g/mol. The Morgan fingerprint density at radius 3 is 3.00 bits per heavy atom. The van der Waals surface area contributed by atoms with E-state index in [1.807, 2.05) is 30.1 Å². The number of hydrogen-bond donors (Lipinski definition) is 1. The fraction of sp³-hybridized carbons (Fsp3) is 0.273. The summed E-state index contributed by atoms with van der Waals surface area (Å²) in [6.07, 6.45) is 8.34. The van der Waals surface area contributed by atoms with Crippen molar-refractivity contribution in [2.75, 3.05) is 11.9 Å². The summed E-state index contributed by atoms with van der Waals surface area (Å²) in [4.78, 5) is 8.25. The molecule has 0 atom stereocenters. The minimum atomic E-state index is 0.872. The Balaban J connectivity index is 1.83. The molecule has 0 aromatic carbocycles. The third-order valence-electron chi connectivity index (χ3n) is 2.24. The Labute approximate surface area is 89.0 Å². The van der Waals surface area contributed by atoms with Gasteiger partial charge in [0, 0.05) is 38.4 Å². The molecule has 0 aliphatic rings. The highest BCUT2D eigenvalue weighted by molar-refractivity contribution is 5.25. The SMILES string of the molecule is Cn1ccnc1NCCc1cccnc1. The van der Waals surface area contributed by atoms with Gasteiger partial charge in [-0.25, -0.2) is 4.98 Å². The summed E-state index contributed by atoms with van der Waals surface area (Å²) >= 11 is 0. The van der Waals surface area contributed by atoms with E-state index in [0.717, 1.165) is 18.9 Å². The number of imidazole rings is 1. The Hall–Kier alpha value is -1.84. The number of nitrogens with one attached hydrogen (secondary N) is 1. The zero-order chi connectivity index (χ0) is 10.5. The summed E-state index contributed by atoms with van der Waals surface area (Å²) in [5, 5.41) is 3.27. The minimum absolute atomic E-state index is 0.872. The van der Waals surface area contributed by atoms with Gasteiger partial charge in [-0.3, -0.25) is 4.98 Å². The minimum Gasteiger partial charge on any atom is -0.355 e. The monoisotopic (exact) mass is 202 g/mol. The van der Waals surface area contributed by atoms with Gasteiger partial charge in [0.15, 0.2) is 0 Å². The highest BCUT2D eigenvalue weighted by Gasteiger charge is 1.97. The van der Waals surface area contributed by atoms with E-state index < -0.39 is 0 Å². The largest absolute Gasteiger partial charge is 0.355 e. The van der Waals surface area contributed by atoms with Crippen LogP contribution < -0.4 is 5.32 Å². The van der Waals surface area contributed by atoms with E-state index >= 15 is 0 Å². The van der Waals surface area contributed by atoms with Crippen LogP contribution in [0.5, 0.6) is 0 Å². The molecular formula is C11H14N4. The molecule has 0 saturated carbocycles. The molecule has 0 aliphatic heterocycles. The summed E-state index contributed by atoms with van der Waals surface area (Å²) in [5.74, 6) is 0.902. The van der Waals surface area contributed by atoms with Gasteiger partial charge in [-0.2, -0.15) is 0 Å². The molecular weight excluding hydrogens is 188 g/mol. The van der Waals surface area contributed by atoms with Gasteiger partial charge < -0.3 is 9.88 Å². The quantitative estimate of drug-likeness (QED) is 0.816. The first-order valence-electron chi connectivity index (χ1n) is 4.96. The lowest BCUT2D eigenvalue weighted by Gasteiger charge is -2.05. The van der Waals surface area contributed by atoms with Crippen molar-refractivity contribution in [1.29, 1.82) is 0 Å². The van der Waals surface area contributed by atoms with E-state index in [9.17, 15) is 0 Å². The molecule has 2 heterocycles. The second-order valence-corrected chi connectivity index (χ2v) is 3.40. The Morgan fingerprint density at radius 1 is 1.40 bits per heavy atom. The zero-order valence-corrected chi connectivity index (χ0v) is 8.72. The first kappa shape index (κ1) is 9.71. The van der Waals surface area contributed by atoms with Crippen molar-refractivity contribution in [1.82, 2.24) is 14.5 Å². The predicted molar refractivity (Wildman–Crippen MR) is 59.6 cm³/mol. The van der Waals surface area contributed by atoms with E-state index in [2.05, 4.69) is 21.4 Å². The van der Waals surface area contributed by atoms with Crippen LogP contribution in [0.25, 0.3) is 0 Å². The number of pyridine rings is 1. The molecule has 1 N–H and O–H groups in total. The van der Waals surface area contributed by atoms with Crippen molar-refractivity contribution in [2.24, 2.45) is 7.05 Å². The fourth-order valence-electron chi connectivity index (χ4n) is 1.40. The number of aromatic nitrogens is 3. The number of rotatable bonds is 4. The average Bonchev–Trinajstić information content (AvgIpc) is 2.66. The van der Waals surface area contributed by atoms with E-state index in [1.54, 1.807) is 12.4 Å². The predicted octanol–water partition coefficient (Wildman–Crippen LogP) is 1.47. The van der Waals surface area contributed by atoms with Gasteiger partial charge in [-0.05, 0) is 18.1 Å². The molecule has 2 aromatic heterocycles. The molecule has 2 rings (SSSR count). The van der Waals surface area contributed by atoms with Crippen LogP contribution in [0.3, 0.4) is 0 Å². The molecule has 0 saturated heterocycles. The first-order chi connectivity index (χ1) is 7.36. The number of anilines is 1. The van der Waals surface area contributed by atoms with Gasteiger partial charge >= 0.3 is 0 Å². The van der Waals surface area contributed by atoms with Crippen LogP contribution >= 0.6 is 0 Å². The second-order valence-electron chi connectivity index (χ2n) is 3.40. The molecule has 4 nitrogen and oxygen atoms in total. The molecule has 2 aromatic rings. The van der Waals surface area contributed by atoms with Crippen molar-refractivity contribution in [3.63, 3.8) is 0 Å². The lowest BCUT2D eigenvalue weighted by molar-refractivity contribution is 0.888. The van der Waals surface area contributed by atoms with Crippen LogP contribution in [0.1, 0.15) is 5.56 Å². The standard InChI is InChI=1S/C11H14N4/c1-15-8-7-14-11(15)13-6-4-10-3-2-5-12-9-10/h2-3,5,7-9H,4,6H2,1H3,(H,13,14). The van der Waals surface area contributed by atoms with Gasteiger partial charge in [0.2, 0.25) is 5.95 Å². The maximum atomic E-state index is 4.18. The lowest BCUT2D eigenvalue weighted by Crippen LogP contribution is -2.08. The van der Waals surface area contributed by atoms with Crippen molar-refractivity contribution in [3.05, 3.63) is 42.5 Å². The first-order valence-corrected chi connectivity index (χ1v) is 4.96. The molecule has 0 bridgehead atoms. The van der Waals surface area contributed by atoms with Gasteiger partial charge in [0.25, 0.3) is 0 Å². The Bertz CT molecular complexity index is 408. The van der Waals surface area contributed by atoms with Crippen LogP contribution in [0, 0.1) is 0 Å². The van der Waals surface area contributed by atoms with E-state index in [1.165, 1.54) is 5.56 Å². The van der Waals surface area contributed by atoms with Crippen LogP contribution in [0.2, 0.25) is 0 Å². The molecule has 15 heavy (non-hydrogen) atoms. The van der Waals surface area contributed by atoms with Crippen molar-refractivity contribution < 1.29 is 0 Å². The molecule has 0 spiro atoms.